The maximum Gasteiger partial charge on any atom is 0.193 e. The lowest BCUT2D eigenvalue weighted by atomic mass is 9.61. The Hall–Kier alpha value is -0.413. The summed E-state index contributed by atoms with van der Waals surface area (Å²) in [5.41, 5.74) is 0.161. The maximum atomic E-state index is 12.5. The van der Waals surface area contributed by atoms with Crippen molar-refractivity contribution in [2.75, 3.05) is 0 Å². The molecule has 6 atom stereocenters. The van der Waals surface area contributed by atoms with Gasteiger partial charge in [0, 0.05) is 12.3 Å². The van der Waals surface area contributed by atoms with Gasteiger partial charge in [-0.25, -0.2) is 0 Å². The highest BCUT2D eigenvalue weighted by atomic mass is 28.4. The number of hydrogen-bond donors (Lipinski definition) is 0. The first kappa shape index (κ1) is 22.3. The number of carbonyl (C=O) groups excluding carboxylic acids is 1. The smallest absolute Gasteiger partial charge is 0.193 e. The second-order valence-electron chi connectivity index (χ2n) is 12.3. The number of fused-ring (bicyclic) bond motifs is 1. The lowest BCUT2D eigenvalue weighted by molar-refractivity contribution is -0.130. The first-order valence-electron chi connectivity index (χ1n) is 11.7. The SMILES string of the molecule is C[C@H](C[C@H]1C=C[C@@](C)(O[Si](C)(C)C(C)(C)C)C1)[C@H]1CCC2C(=O)CCC[C@@]21C. The van der Waals surface area contributed by atoms with E-state index in [-0.39, 0.29) is 16.1 Å². The molecule has 0 aliphatic heterocycles. The molecule has 0 spiro atoms. The fourth-order valence-corrected chi connectivity index (χ4v) is 8.14. The Bertz CT molecular complexity index is 631. The lowest BCUT2D eigenvalue weighted by Gasteiger charge is -2.43. The molecule has 28 heavy (non-hydrogen) atoms. The largest absolute Gasteiger partial charge is 0.408 e. The van der Waals surface area contributed by atoms with Crippen molar-refractivity contribution < 1.29 is 9.22 Å². The fourth-order valence-electron chi connectivity index (χ4n) is 6.52. The van der Waals surface area contributed by atoms with E-state index < -0.39 is 8.32 Å². The van der Waals surface area contributed by atoms with Gasteiger partial charge in [0.15, 0.2) is 8.32 Å². The average Bonchev–Trinajstić information content (AvgIpc) is 3.06. The van der Waals surface area contributed by atoms with Gasteiger partial charge in [-0.2, -0.15) is 0 Å². The van der Waals surface area contributed by atoms with Gasteiger partial charge in [-0.1, -0.05) is 46.8 Å². The van der Waals surface area contributed by atoms with Gasteiger partial charge in [0.25, 0.3) is 0 Å². The molecule has 2 saturated carbocycles. The van der Waals surface area contributed by atoms with Crippen LogP contribution in [-0.4, -0.2) is 19.7 Å². The zero-order chi connectivity index (χ0) is 21.0. The van der Waals surface area contributed by atoms with Crippen LogP contribution in [0.4, 0.5) is 0 Å². The minimum atomic E-state index is -1.77. The van der Waals surface area contributed by atoms with Crippen LogP contribution in [0, 0.1) is 29.1 Å². The molecule has 1 unspecified atom stereocenters. The molecule has 2 fully saturated rings. The molecule has 0 aromatic heterocycles. The number of hydrogen-bond acceptors (Lipinski definition) is 2. The second-order valence-corrected chi connectivity index (χ2v) is 17.0. The van der Waals surface area contributed by atoms with Gasteiger partial charge in [-0.05, 0) is 86.7 Å². The van der Waals surface area contributed by atoms with E-state index in [1.165, 1.54) is 19.3 Å². The highest BCUT2D eigenvalue weighted by Crippen LogP contribution is 2.57. The van der Waals surface area contributed by atoms with Gasteiger partial charge in [0.1, 0.15) is 5.78 Å². The molecule has 3 aliphatic carbocycles. The van der Waals surface area contributed by atoms with E-state index in [4.69, 9.17) is 4.43 Å². The van der Waals surface area contributed by atoms with Crippen molar-refractivity contribution in [1.82, 2.24) is 0 Å². The molecular formula is C25H44O2Si. The van der Waals surface area contributed by atoms with Crippen LogP contribution in [0.15, 0.2) is 12.2 Å². The van der Waals surface area contributed by atoms with E-state index in [0.29, 0.717) is 29.5 Å². The Kier molecular flexibility index (Phi) is 5.87. The predicted molar refractivity (Wildman–Crippen MR) is 121 cm³/mol. The summed E-state index contributed by atoms with van der Waals surface area (Å²) < 4.78 is 6.82. The molecule has 0 saturated heterocycles. The standard InChI is InChI=1S/C25H44O2Si/c1-18(20-11-12-21-22(26)10-9-14-25(20,21)6)16-19-13-15-24(5,17-19)27-28(7,8)23(2,3)4/h13,15,18-21H,9-12,14,16-17H2,1-8H3/t18-,19-,20-,21?,24-,25-/m1/s1. The molecular weight excluding hydrogens is 360 g/mol. The summed E-state index contributed by atoms with van der Waals surface area (Å²) in [6.45, 7) is 18.9. The van der Waals surface area contributed by atoms with Crippen LogP contribution in [0.1, 0.15) is 86.5 Å². The monoisotopic (exact) mass is 404 g/mol. The zero-order valence-electron chi connectivity index (χ0n) is 19.7. The zero-order valence-corrected chi connectivity index (χ0v) is 20.7. The predicted octanol–water partition coefficient (Wildman–Crippen LogP) is 7.15. The summed E-state index contributed by atoms with van der Waals surface area (Å²) >= 11 is 0. The molecule has 160 valence electrons. The summed E-state index contributed by atoms with van der Waals surface area (Å²) in [7, 11) is -1.77. The van der Waals surface area contributed by atoms with Gasteiger partial charge >= 0.3 is 0 Å². The van der Waals surface area contributed by atoms with Crippen molar-refractivity contribution in [3.63, 3.8) is 0 Å². The molecule has 0 heterocycles. The summed E-state index contributed by atoms with van der Waals surface area (Å²) in [5.74, 6) is 2.92. The third-order valence-electron chi connectivity index (χ3n) is 8.98. The van der Waals surface area contributed by atoms with Crippen LogP contribution in [-0.2, 0) is 9.22 Å². The average molecular weight is 405 g/mol. The van der Waals surface area contributed by atoms with Crippen LogP contribution in [0.5, 0.6) is 0 Å². The first-order chi connectivity index (χ1) is 12.8. The van der Waals surface area contributed by atoms with Crippen LogP contribution < -0.4 is 0 Å². The van der Waals surface area contributed by atoms with E-state index >= 15 is 0 Å². The van der Waals surface area contributed by atoms with Gasteiger partial charge in [0.2, 0.25) is 0 Å². The molecule has 0 bridgehead atoms. The van der Waals surface area contributed by atoms with Gasteiger partial charge in [-0.15, -0.1) is 0 Å². The minimum Gasteiger partial charge on any atom is -0.408 e. The fraction of sp³-hybridized carbons (Fsp3) is 0.880. The number of rotatable bonds is 5. The topological polar surface area (TPSA) is 26.3 Å². The Morgan fingerprint density at radius 1 is 1.25 bits per heavy atom. The normalized spacial score (nSPS) is 40.0. The highest BCUT2D eigenvalue weighted by Gasteiger charge is 2.52. The van der Waals surface area contributed by atoms with E-state index in [1.807, 2.05) is 0 Å². The highest BCUT2D eigenvalue weighted by molar-refractivity contribution is 6.74. The van der Waals surface area contributed by atoms with Crippen molar-refractivity contribution in [2.45, 2.75) is 110 Å². The number of Topliss-reactive ketones (excluding diaryl/α,β-unsaturated/α-hetero) is 1. The summed E-state index contributed by atoms with van der Waals surface area (Å²) in [5, 5.41) is 0.246. The van der Waals surface area contributed by atoms with Crippen molar-refractivity contribution in [3.05, 3.63) is 12.2 Å². The van der Waals surface area contributed by atoms with E-state index in [2.05, 4.69) is 66.8 Å². The third kappa shape index (κ3) is 4.08. The second kappa shape index (κ2) is 7.37. The van der Waals surface area contributed by atoms with E-state index in [9.17, 15) is 4.79 Å². The van der Waals surface area contributed by atoms with Crippen molar-refractivity contribution in [3.8, 4) is 0 Å². The molecule has 3 rings (SSSR count). The molecule has 3 heteroatoms. The minimum absolute atomic E-state index is 0.101. The number of allylic oxidation sites excluding steroid dienone is 1. The molecule has 0 aromatic rings. The summed E-state index contributed by atoms with van der Waals surface area (Å²) in [6, 6.07) is 0. The summed E-state index contributed by atoms with van der Waals surface area (Å²) in [6.07, 6.45) is 12.7. The lowest BCUT2D eigenvalue weighted by Crippen LogP contribution is -2.47. The molecule has 0 N–H and O–H groups in total. The van der Waals surface area contributed by atoms with Gasteiger partial charge in [0.05, 0.1) is 5.60 Å². The van der Waals surface area contributed by atoms with Crippen LogP contribution in [0.3, 0.4) is 0 Å². The van der Waals surface area contributed by atoms with E-state index in [0.717, 1.165) is 25.7 Å². The van der Waals surface area contributed by atoms with Gasteiger partial charge in [-0.3, -0.25) is 4.79 Å². The molecule has 2 nitrogen and oxygen atoms in total. The number of ketones is 1. The van der Waals surface area contributed by atoms with Crippen molar-refractivity contribution in [1.29, 1.82) is 0 Å². The number of carbonyl (C=O) groups is 1. The Morgan fingerprint density at radius 3 is 2.57 bits per heavy atom. The molecule has 3 aliphatic rings. The molecule has 0 amide bonds. The first-order valence-corrected chi connectivity index (χ1v) is 14.6. The van der Waals surface area contributed by atoms with E-state index in [1.54, 1.807) is 0 Å². The summed E-state index contributed by atoms with van der Waals surface area (Å²) in [4.78, 5) is 12.5. The van der Waals surface area contributed by atoms with Gasteiger partial charge < -0.3 is 4.43 Å². The third-order valence-corrected chi connectivity index (χ3v) is 13.6. The van der Waals surface area contributed by atoms with Crippen molar-refractivity contribution in [2.24, 2.45) is 29.1 Å². The van der Waals surface area contributed by atoms with Crippen LogP contribution >= 0.6 is 0 Å². The van der Waals surface area contributed by atoms with Crippen LogP contribution in [0.25, 0.3) is 0 Å². The quantitative estimate of drug-likeness (QED) is 0.359. The maximum absolute atomic E-state index is 12.5. The Morgan fingerprint density at radius 2 is 1.93 bits per heavy atom. The van der Waals surface area contributed by atoms with Crippen molar-refractivity contribution >= 4 is 14.1 Å². The van der Waals surface area contributed by atoms with Crippen LogP contribution in [0.2, 0.25) is 18.1 Å². The Balaban J connectivity index is 1.61. The molecule has 0 aromatic carbocycles. The Labute approximate surface area is 175 Å². The molecule has 0 radical (unpaired) electrons.